The van der Waals surface area contributed by atoms with Crippen molar-refractivity contribution in [2.75, 3.05) is 26.1 Å². The summed E-state index contributed by atoms with van der Waals surface area (Å²) in [5.41, 5.74) is -0.622. The molecule has 2 N–H and O–H groups in total. The maximum absolute atomic E-state index is 14.4. The highest BCUT2D eigenvalue weighted by Crippen LogP contribution is 2.38. The Morgan fingerprint density at radius 2 is 2.10 bits per heavy atom. The summed E-state index contributed by atoms with van der Waals surface area (Å²) >= 11 is 5.88. The predicted molar refractivity (Wildman–Crippen MR) is 113 cm³/mol. The number of benzene rings is 2. The zero-order chi connectivity index (χ0) is 22.0. The van der Waals surface area contributed by atoms with E-state index in [4.69, 9.17) is 25.8 Å². The molecule has 0 aliphatic carbocycles. The molecular formula is C21H20ClFN4O4. The fourth-order valence-corrected chi connectivity index (χ4v) is 3.68. The first-order chi connectivity index (χ1) is 15.0. The second-order valence-electron chi connectivity index (χ2n) is 6.92. The number of hydrogen-bond donors (Lipinski definition) is 2. The van der Waals surface area contributed by atoms with Crippen molar-refractivity contribution < 1.29 is 23.4 Å². The number of esters is 1. The zero-order valence-electron chi connectivity index (χ0n) is 16.9. The van der Waals surface area contributed by atoms with Gasteiger partial charge in [0, 0.05) is 17.9 Å². The lowest BCUT2D eigenvalue weighted by Crippen LogP contribution is -2.53. The van der Waals surface area contributed by atoms with Gasteiger partial charge in [0.25, 0.3) is 5.72 Å². The van der Waals surface area contributed by atoms with Crippen LogP contribution in [0.1, 0.15) is 12.8 Å². The van der Waals surface area contributed by atoms with Crippen molar-refractivity contribution in [2.24, 2.45) is 0 Å². The number of fused-ring (bicyclic) bond motifs is 1. The largest absolute Gasteiger partial charge is 0.493 e. The van der Waals surface area contributed by atoms with Crippen molar-refractivity contribution in [3.05, 3.63) is 47.5 Å². The molecule has 0 bridgehead atoms. The van der Waals surface area contributed by atoms with E-state index in [1.54, 1.807) is 24.3 Å². The summed E-state index contributed by atoms with van der Waals surface area (Å²) in [5.74, 6) is -0.121. The minimum Gasteiger partial charge on any atom is -0.493 e. The molecule has 3 aromatic rings. The lowest BCUT2D eigenvalue weighted by molar-refractivity contribution is -0.160. The molecule has 4 rings (SSSR count). The van der Waals surface area contributed by atoms with Crippen molar-refractivity contribution in [1.82, 2.24) is 15.3 Å². The number of ether oxygens (including phenoxy) is 3. The number of carbonyl (C=O) groups is 1. The molecular weight excluding hydrogens is 427 g/mol. The van der Waals surface area contributed by atoms with Crippen LogP contribution in [-0.4, -0.2) is 42.4 Å². The smallest absolute Gasteiger partial charge is 0.366 e. The standard InChI is InChI=1S/C21H20ClFN4O4/c1-29-16-10-15-12(9-17(16)31-21(20(28)30-2)7-4-8-26-21)19(25-11-24-15)27-14-6-3-5-13(22)18(14)23/h3,5-6,9-11,26H,4,7-8H2,1-2H3,(H,24,25,27)/t21-/m0/s1. The maximum Gasteiger partial charge on any atom is 0.366 e. The molecule has 1 aliphatic heterocycles. The minimum atomic E-state index is -1.32. The number of rotatable bonds is 6. The summed E-state index contributed by atoms with van der Waals surface area (Å²) in [6.45, 7) is 0.606. The van der Waals surface area contributed by atoms with Gasteiger partial charge in [-0.3, -0.25) is 5.32 Å². The Balaban J connectivity index is 1.79. The number of nitrogens with one attached hydrogen (secondary N) is 2. The zero-order valence-corrected chi connectivity index (χ0v) is 17.6. The van der Waals surface area contributed by atoms with E-state index in [0.717, 1.165) is 6.42 Å². The number of methoxy groups -OCH3 is 2. The molecule has 2 heterocycles. The Kier molecular flexibility index (Phi) is 5.79. The quantitative estimate of drug-likeness (QED) is 0.552. The first kappa shape index (κ1) is 21.1. The van der Waals surface area contributed by atoms with Crippen LogP contribution in [0.2, 0.25) is 5.02 Å². The van der Waals surface area contributed by atoms with Crippen LogP contribution >= 0.6 is 11.6 Å². The van der Waals surface area contributed by atoms with Crippen LogP contribution in [0.4, 0.5) is 15.9 Å². The number of aromatic nitrogens is 2. The topological polar surface area (TPSA) is 94.6 Å². The van der Waals surface area contributed by atoms with E-state index in [1.165, 1.54) is 26.6 Å². The third kappa shape index (κ3) is 3.94. The molecule has 0 radical (unpaired) electrons. The summed E-state index contributed by atoms with van der Waals surface area (Å²) in [4.78, 5) is 20.9. The van der Waals surface area contributed by atoms with Gasteiger partial charge in [-0.15, -0.1) is 0 Å². The van der Waals surface area contributed by atoms with Crippen LogP contribution in [0.15, 0.2) is 36.7 Å². The molecule has 0 unspecified atom stereocenters. The molecule has 1 aromatic heterocycles. The summed E-state index contributed by atoms with van der Waals surface area (Å²) in [7, 11) is 2.79. The number of nitrogens with zero attached hydrogens (tertiary/aromatic N) is 2. The summed E-state index contributed by atoms with van der Waals surface area (Å²) in [5, 5.41) is 6.54. The van der Waals surface area contributed by atoms with Gasteiger partial charge >= 0.3 is 5.97 Å². The van der Waals surface area contributed by atoms with Crippen LogP contribution in [0.5, 0.6) is 11.5 Å². The maximum atomic E-state index is 14.4. The van der Waals surface area contributed by atoms with Gasteiger partial charge < -0.3 is 19.5 Å². The summed E-state index contributed by atoms with van der Waals surface area (Å²) in [6.07, 6.45) is 2.53. The Morgan fingerprint density at radius 3 is 2.81 bits per heavy atom. The second-order valence-corrected chi connectivity index (χ2v) is 7.33. The average Bonchev–Trinajstić information content (AvgIpc) is 3.26. The molecule has 1 atom stereocenters. The van der Waals surface area contributed by atoms with Gasteiger partial charge in [-0.05, 0) is 31.2 Å². The van der Waals surface area contributed by atoms with Crippen LogP contribution in [0.3, 0.4) is 0 Å². The average molecular weight is 447 g/mol. The second kappa shape index (κ2) is 8.52. The molecule has 1 aliphatic rings. The molecule has 1 saturated heterocycles. The highest BCUT2D eigenvalue weighted by atomic mass is 35.5. The highest BCUT2D eigenvalue weighted by molar-refractivity contribution is 6.31. The summed E-state index contributed by atoms with van der Waals surface area (Å²) < 4.78 is 30.9. The van der Waals surface area contributed by atoms with Gasteiger partial charge in [0.2, 0.25) is 0 Å². The highest BCUT2D eigenvalue weighted by Gasteiger charge is 2.45. The minimum absolute atomic E-state index is 0.0126. The van der Waals surface area contributed by atoms with Crippen molar-refractivity contribution in [2.45, 2.75) is 18.6 Å². The number of anilines is 2. The molecule has 0 amide bonds. The monoisotopic (exact) mass is 446 g/mol. The first-order valence-electron chi connectivity index (χ1n) is 9.53. The third-order valence-corrected chi connectivity index (χ3v) is 5.33. The van der Waals surface area contributed by atoms with Crippen molar-refractivity contribution >= 4 is 40.0 Å². The van der Waals surface area contributed by atoms with Crippen LogP contribution in [0.25, 0.3) is 10.9 Å². The van der Waals surface area contributed by atoms with Crippen molar-refractivity contribution in [3.8, 4) is 11.5 Å². The Bertz CT molecular complexity index is 1140. The van der Waals surface area contributed by atoms with E-state index in [0.29, 0.717) is 41.2 Å². The normalized spacial score (nSPS) is 18.1. The predicted octanol–water partition coefficient (Wildman–Crippen LogP) is 3.81. The van der Waals surface area contributed by atoms with E-state index in [2.05, 4.69) is 20.6 Å². The van der Waals surface area contributed by atoms with E-state index >= 15 is 0 Å². The fourth-order valence-electron chi connectivity index (χ4n) is 3.50. The van der Waals surface area contributed by atoms with Gasteiger partial charge in [0.05, 0.1) is 30.4 Å². The van der Waals surface area contributed by atoms with Gasteiger partial charge in [-0.25, -0.2) is 19.2 Å². The Labute approximate surface area is 182 Å². The SMILES string of the molecule is COC(=O)[C@@]1(Oc2cc3c(Nc4cccc(Cl)c4F)ncnc3cc2OC)CCCN1. The Hall–Kier alpha value is -3.17. The number of halogens is 2. The van der Waals surface area contributed by atoms with Gasteiger partial charge in [-0.1, -0.05) is 17.7 Å². The van der Waals surface area contributed by atoms with Gasteiger partial charge in [0.1, 0.15) is 12.1 Å². The van der Waals surface area contributed by atoms with Crippen molar-refractivity contribution in [3.63, 3.8) is 0 Å². The molecule has 162 valence electrons. The van der Waals surface area contributed by atoms with Crippen molar-refractivity contribution in [1.29, 1.82) is 0 Å². The molecule has 0 spiro atoms. The number of carbonyl (C=O) groups excluding carboxylic acids is 1. The molecule has 0 saturated carbocycles. The number of hydrogen-bond acceptors (Lipinski definition) is 8. The molecule has 10 heteroatoms. The van der Waals surface area contributed by atoms with Gasteiger partial charge in [-0.2, -0.15) is 0 Å². The van der Waals surface area contributed by atoms with E-state index in [9.17, 15) is 9.18 Å². The lowest BCUT2D eigenvalue weighted by Gasteiger charge is -2.28. The molecule has 31 heavy (non-hydrogen) atoms. The molecule has 2 aromatic carbocycles. The fraction of sp³-hybridized carbons (Fsp3) is 0.286. The van der Waals surface area contributed by atoms with E-state index in [-0.39, 0.29) is 10.7 Å². The van der Waals surface area contributed by atoms with E-state index < -0.39 is 17.5 Å². The third-order valence-electron chi connectivity index (χ3n) is 5.04. The summed E-state index contributed by atoms with van der Waals surface area (Å²) in [6, 6.07) is 7.93. The van der Waals surface area contributed by atoms with Gasteiger partial charge in [0.15, 0.2) is 17.3 Å². The van der Waals surface area contributed by atoms with Crippen LogP contribution in [-0.2, 0) is 9.53 Å². The lowest BCUT2D eigenvalue weighted by atomic mass is 10.1. The van der Waals surface area contributed by atoms with Crippen LogP contribution in [0, 0.1) is 5.82 Å². The molecule has 8 nitrogen and oxygen atoms in total. The first-order valence-corrected chi connectivity index (χ1v) is 9.91. The Morgan fingerprint density at radius 1 is 1.26 bits per heavy atom. The van der Waals surface area contributed by atoms with E-state index in [1.807, 2.05) is 0 Å². The molecule has 1 fully saturated rings. The van der Waals surface area contributed by atoms with Crippen LogP contribution < -0.4 is 20.1 Å².